The number of aromatic hydroxyl groups is 1. The standard InChI is InChI=1S/C10H9BrOS/c1-2-6-5-8(11)9(12)10-7(6)3-4-13-10/h3-5,12H,2H2,1H3. The van der Waals surface area contributed by atoms with Crippen LogP contribution in [0, 0.1) is 0 Å². The summed E-state index contributed by atoms with van der Waals surface area (Å²) in [5.74, 6) is 0.363. The van der Waals surface area contributed by atoms with Gasteiger partial charge in [-0.1, -0.05) is 6.92 Å². The Hall–Kier alpha value is -0.540. The van der Waals surface area contributed by atoms with Gasteiger partial charge in [0.05, 0.1) is 9.17 Å². The van der Waals surface area contributed by atoms with Crippen molar-refractivity contribution in [3.8, 4) is 5.75 Å². The first-order chi connectivity index (χ1) is 6.24. The number of hydrogen-bond donors (Lipinski definition) is 1. The molecule has 0 saturated heterocycles. The summed E-state index contributed by atoms with van der Waals surface area (Å²) in [5.41, 5.74) is 1.28. The van der Waals surface area contributed by atoms with Crippen LogP contribution in [0.1, 0.15) is 12.5 Å². The molecule has 2 rings (SSSR count). The van der Waals surface area contributed by atoms with Crippen LogP contribution in [0.2, 0.25) is 0 Å². The van der Waals surface area contributed by atoms with Crippen molar-refractivity contribution in [3.05, 3.63) is 27.5 Å². The van der Waals surface area contributed by atoms with Crippen LogP contribution >= 0.6 is 27.3 Å². The minimum atomic E-state index is 0.363. The number of phenolic OH excluding ortho intramolecular Hbond substituents is 1. The van der Waals surface area contributed by atoms with Crippen molar-refractivity contribution in [2.24, 2.45) is 0 Å². The highest BCUT2D eigenvalue weighted by Gasteiger charge is 2.09. The summed E-state index contributed by atoms with van der Waals surface area (Å²) in [4.78, 5) is 0. The van der Waals surface area contributed by atoms with Crippen LogP contribution in [0.15, 0.2) is 22.0 Å². The quantitative estimate of drug-likeness (QED) is 0.820. The van der Waals surface area contributed by atoms with Crippen LogP contribution in [0.4, 0.5) is 0 Å². The van der Waals surface area contributed by atoms with E-state index >= 15 is 0 Å². The molecular formula is C10H9BrOS. The fourth-order valence-corrected chi connectivity index (χ4v) is 2.94. The van der Waals surface area contributed by atoms with Gasteiger partial charge in [-0.3, -0.25) is 0 Å². The van der Waals surface area contributed by atoms with E-state index in [0.717, 1.165) is 15.6 Å². The maximum Gasteiger partial charge on any atom is 0.147 e. The lowest BCUT2D eigenvalue weighted by Gasteiger charge is -2.03. The molecule has 0 amide bonds. The van der Waals surface area contributed by atoms with E-state index in [0.29, 0.717) is 5.75 Å². The fraction of sp³-hybridized carbons (Fsp3) is 0.200. The van der Waals surface area contributed by atoms with Crippen molar-refractivity contribution < 1.29 is 5.11 Å². The summed E-state index contributed by atoms with van der Waals surface area (Å²) in [6, 6.07) is 4.05. The Kier molecular flexibility index (Phi) is 2.30. The van der Waals surface area contributed by atoms with Crippen molar-refractivity contribution in [1.82, 2.24) is 0 Å². The van der Waals surface area contributed by atoms with Crippen molar-refractivity contribution in [3.63, 3.8) is 0 Å². The molecule has 0 radical (unpaired) electrons. The maximum atomic E-state index is 9.73. The first-order valence-corrected chi connectivity index (χ1v) is 5.79. The monoisotopic (exact) mass is 256 g/mol. The fourth-order valence-electron chi connectivity index (χ4n) is 1.45. The first-order valence-electron chi connectivity index (χ1n) is 4.11. The van der Waals surface area contributed by atoms with E-state index in [9.17, 15) is 5.11 Å². The van der Waals surface area contributed by atoms with Gasteiger partial charge < -0.3 is 5.11 Å². The second-order valence-electron chi connectivity index (χ2n) is 2.88. The molecule has 0 unspecified atom stereocenters. The molecule has 0 saturated carbocycles. The SMILES string of the molecule is CCc1cc(Br)c(O)c2sccc12. The van der Waals surface area contributed by atoms with Gasteiger partial charge in [0.2, 0.25) is 0 Å². The van der Waals surface area contributed by atoms with E-state index in [1.807, 2.05) is 11.4 Å². The zero-order valence-corrected chi connectivity index (χ0v) is 9.58. The topological polar surface area (TPSA) is 20.2 Å². The average Bonchev–Trinajstić information content (AvgIpc) is 2.60. The van der Waals surface area contributed by atoms with Gasteiger partial charge in [0, 0.05) is 0 Å². The van der Waals surface area contributed by atoms with Gasteiger partial charge in [-0.2, -0.15) is 0 Å². The van der Waals surface area contributed by atoms with Crippen LogP contribution in [-0.2, 0) is 6.42 Å². The van der Waals surface area contributed by atoms with Crippen LogP contribution in [0.5, 0.6) is 5.75 Å². The normalized spacial score (nSPS) is 10.9. The molecule has 68 valence electrons. The number of phenols is 1. The van der Waals surface area contributed by atoms with Crippen molar-refractivity contribution in [2.45, 2.75) is 13.3 Å². The third kappa shape index (κ3) is 1.36. The van der Waals surface area contributed by atoms with Crippen LogP contribution in [0.25, 0.3) is 10.1 Å². The highest BCUT2D eigenvalue weighted by Crippen LogP contribution is 2.38. The van der Waals surface area contributed by atoms with E-state index in [1.165, 1.54) is 10.9 Å². The third-order valence-corrected chi connectivity index (χ3v) is 3.66. The molecule has 0 aliphatic rings. The number of rotatable bonds is 1. The average molecular weight is 257 g/mol. The summed E-state index contributed by atoms with van der Waals surface area (Å²) in [6.45, 7) is 2.12. The smallest absolute Gasteiger partial charge is 0.147 e. The molecule has 0 fully saturated rings. The van der Waals surface area contributed by atoms with E-state index in [2.05, 4.69) is 28.9 Å². The van der Waals surface area contributed by atoms with Crippen LogP contribution in [-0.4, -0.2) is 5.11 Å². The molecule has 0 aliphatic carbocycles. The minimum Gasteiger partial charge on any atom is -0.505 e. The Morgan fingerprint density at radius 2 is 2.31 bits per heavy atom. The second-order valence-corrected chi connectivity index (χ2v) is 4.65. The highest BCUT2D eigenvalue weighted by atomic mass is 79.9. The molecule has 1 nitrogen and oxygen atoms in total. The predicted molar refractivity (Wildman–Crippen MR) is 60.6 cm³/mol. The molecule has 1 heterocycles. The molecule has 1 aromatic heterocycles. The van der Waals surface area contributed by atoms with Gasteiger partial charge in [-0.25, -0.2) is 0 Å². The zero-order chi connectivity index (χ0) is 9.42. The largest absolute Gasteiger partial charge is 0.505 e. The van der Waals surface area contributed by atoms with Gasteiger partial charge in [-0.05, 0) is 50.8 Å². The Labute approximate surface area is 89.1 Å². The second kappa shape index (κ2) is 3.31. The molecule has 1 aromatic carbocycles. The van der Waals surface area contributed by atoms with Gasteiger partial charge >= 0.3 is 0 Å². The van der Waals surface area contributed by atoms with Gasteiger partial charge in [-0.15, -0.1) is 11.3 Å². The van der Waals surface area contributed by atoms with Gasteiger partial charge in [0.1, 0.15) is 5.75 Å². The predicted octanol–water partition coefficient (Wildman–Crippen LogP) is 3.93. The summed E-state index contributed by atoms with van der Waals surface area (Å²) >= 11 is 4.93. The summed E-state index contributed by atoms with van der Waals surface area (Å²) < 4.78 is 1.77. The Morgan fingerprint density at radius 3 is 3.00 bits per heavy atom. The van der Waals surface area contributed by atoms with E-state index in [-0.39, 0.29) is 0 Å². The lowest BCUT2D eigenvalue weighted by Crippen LogP contribution is -1.81. The molecular weight excluding hydrogens is 248 g/mol. The Morgan fingerprint density at radius 1 is 1.54 bits per heavy atom. The Balaban J connectivity index is 2.87. The zero-order valence-electron chi connectivity index (χ0n) is 7.17. The number of benzene rings is 1. The number of hydrogen-bond acceptors (Lipinski definition) is 2. The first kappa shape index (κ1) is 9.03. The molecule has 0 aliphatic heterocycles. The van der Waals surface area contributed by atoms with E-state index < -0.39 is 0 Å². The molecule has 0 bridgehead atoms. The van der Waals surface area contributed by atoms with E-state index in [4.69, 9.17) is 0 Å². The van der Waals surface area contributed by atoms with Gasteiger partial charge in [0.25, 0.3) is 0 Å². The maximum absolute atomic E-state index is 9.73. The third-order valence-electron chi connectivity index (χ3n) is 2.13. The molecule has 3 heteroatoms. The summed E-state index contributed by atoms with van der Waals surface area (Å²) in [5, 5.41) is 12.9. The summed E-state index contributed by atoms with van der Waals surface area (Å²) in [6.07, 6.45) is 0.992. The number of aryl methyl sites for hydroxylation is 1. The highest BCUT2D eigenvalue weighted by molar-refractivity contribution is 9.10. The molecule has 13 heavy (non-hydrogen) atoms. The number of fused-ring (bicyclic) bond motifs is 1. The van der Waals surface area contributed by atoms with Crippen LogP contribution < -0.4 is 0 Å². The molecule has 2 aromatic rings. The van der Waals surface area contributed by atoms with Crippen molar-refractivity contribution >= 4 is 37.4 Å². The molecule has 1 N–H and O–H groups in total. The van der Waals surface area contributed by atoms with Crippen molar-refractivity contribution in [1.29, 1.82) is 0 Å². The Bertz CT molecular complexity index is 447. The van der Waals surface area contributed by atoms with Crippen LogP contribution in [0.3, 0.4) is 0 Å². The number of halogens is 1. The lowest BCUT2D eigenvalue weighted by atomic mass is 10.1. The van der Waals surface area contributed by atoms with Gasteiger partial charge in [0.15, 0.2) is 0 Å². The lowest BCUT2D eigenvalue weighted by molar-refractivity contribution is 0.479. The van der Waals surface area contributed by atoms with E-state index in [1.54, 1.807) is 11.3 Å². The minimum absolute atomic E-state index is 0.363. The summed E-state index contributed by atoms with van der Waals surface area (Å²) in [7, 11) is 0. The molecule has 0 atom stereocenters. The molecule has 0 spiro atoms. The number of thiophene rings is 1. The van der Waals surface area contributed by atoms with Crippen molar-refractivity contribution in [2.75, 3.05) is 0 Å².